The number of rotatable bonds is 3. The van der Waals surface area contributed by atoms with Gasteiger partial charge in [-0.05, 0) is 23.6 Å². The van der Waals surface area contributed by atoms with Gasteiger partial charge in [0.05, 0.1) is 6.04 Å². The standard InChI is InChI=1S/C22H25N3O2/c1-15(26)24-12-17-13-25(21-10-6-5-9-18(21)19(17)14-24)22(27)20(23)11-16-7-3-2-4-8-16/h2-10,17,19-20H,11-14,23H2,1H3/t17?,19?,20-/m1/s1. The van der Waals surface area contributed by atoms with E-state index in [1.54, 1.807) is 6.92 Å². The molecule has 0 bridgehead atoms. The second-order valence-electron chi connectivity index (χ2n) is 7.59. The predicted octanol–water partition coefficient (Wildman–Crippen LogP) is 2.17. The summed E-state index contributed by atoms with van der Waals surface area (Å²) in [5.41, 5.74) is 9.45. The predicted molar refractivity (Wildman–Crippen MR) is 105 cm³/mol. The molecule has 0 spiro atoms. The van der Waals surface area contributed by atoms with E-state index in [0.717, 1.165) is 23.4 Å². The maximum absolute atomic E-state index is 13.2. The molecule has 0 aromatic heterocycles. The van der Waals surface area contributed by atoms with Crippen LogP contribution >= 0.6 is 0 Å². The minimum Gasteiger partial charge on any atom is -0.342 e. The first kappa shape index (κ1) is 17.7. The molecule has 1 fully saturated rings. The summed E-state index contributed by atoms with van der Waals surface area (Å²) < 4.78 is 0. The van der Waals surface area contributed by atoms with Gasteiger partial charge in [0, 0.05) is 44.1 Å². The smallest absolute Gasteiger partial charge is 0.244 e. The van der Waals surface area contributed by atoms with Gasteiger partial charge in [-0.15, -0.1) is 0 Å². The lowest BCUT2D eigenvalue weighted by molar-refractivity contribution is -0.127. The fourth-order valence-electron chi connectivity index (χ4n) is 4.41. The van der Waals surface area contributed by atoms with Crippen molar-refractivity contribution in [3.63, 3.8) is 0 Å². The van der Waals surface area contributed by atoms with Crippen molar-refractivity contribution in [2.24, 2.45) is 11.7 Å². The maximum atomic E-state index is 13.2. The largest absolute Gasteiger partial charge is 0.342 e. The second kappa shape index (κ2) is 7.16. The number of carbonyl (C=O) groups is 2. The lowest BCUT2D eigenvalue weighted by atomic mass is 9.83. The molecule has 5 nitrogen and oxygen atoms in total. The number of benzene rings is 2. The minimum absolute atomic E-state index is 0.0500. The van der Waals surface area contributed by atoms with Gasteiger partial charge in [-0.1, -0.05) is 48.5 Å². The van der Waals surface area contributed by atoms with Crippen LogP contribution in [0.5, 0.6) is 0 Å². The number of hydrogen-bond acceptors (Lipinski definition) is 3. The molecule has 140 valence electrons. The van der Waals surface area contributed by atoms with Gasteiger partial charge < -0.3 is 15.5 Å². The quantitative estimate of drug-likeness (QED) is 0.909. The summed E-state index contributed by atoms with van der Waals surface area (Å²) in [6.45, 7) is 3.66. The van der Waals surface area contributed by atoms with E-state index in [-0.39, 0.29) is 17.7 Å². The molecule has 2 aromatic rings. The molecule has 4 rings (SSSR count). The van der Waals surface area contributed by atoms with Gasteiger partial charge in [0.1, 0.15) is 0 Å². The van der Waals surface area contributed by atoms with Gasteiger partial charge in [0.25, 0.3) is 0 Å². The van der Waals surface area contributed by atoms with Crippen LogP contribution in [0.15, 0.2) is 54.6 Å². The van der Waals surface area contributed by atoms with Gasteiger partial charge in [0.15, 0.2) is 0 Å². The van der Waals surface area contributed by atoms with Gasteiger partial charge in [-0.25, -0.2) is 0 Å². The highest BCUT2D eigenvalue weighted by atomic mass is 16.2. The third-order valence-corrected chi connectivity index (χ3v) is 5.81. The molecular weight excluding hydrogens is 338 g/mol. The van der Waals surface area contributed by atoms with Crippen LogP contribution in [0.1, 0.15) is 24.0 Å². The Balaban J connectivity index is 1.59. The summed E-state index contributed by atoms with van der Waals surface area (Å²) in [5, 5.41) is 0. The van der Waals surface area contributed by atoms with E-state index in [9.17, 15) is 9.59 Å². The molecular formula is C22H25N3O2. The molecule has 27 heavy (non-hydrogen) atoms. The van der Waals surface area contributed by atoms with Crippen LogP contribution in [0.4, 0.5) is 5.69 Å². The molecule has 0 radical (unpaired) electrons. The maximum Gasteiger partial charge on any atom is 0.244 e. The summed E-state index contributed by atoms with van der Waals surface area (Å²) in [4.78, 5) is 28.8. The molecule has 2 heterocycles. The van der Waals surface area contributed by atoms with E-state index >= 15 is 0 Å². The van der Waals surface area contributed by atoms with Gasteiger partial charge in [-0.2, -0.15) is 0 Å². The first-order valence-corrected chi connectivity index (χ1v) is 9.50. The van der Waals surface area contributed by atoms with E-state index in [2.05, 4.69) is 6.07 Å². The van der Waals surface area contributed by atoms with E-state index in [4.69, 9.17) is 5.73 Å². The fraction of sp³-hybridized carbons (Fsp3) is 0.364. The topological polar surface area (TPSA) is 66.6 Å². The highest BCUT2D eigenvalue weighted by Gasteiger charge is 2.42. The molecule has 0 aliphatic carbocycles. The van der Waals surface area contributed by atoms with Crippen LogP contribution in [0.2, 0.25) is 0 Å². The van der Waals surface area contributed by atoms with Crippen molar-refractivity contribution < 1.29 is 9.59 Å². The fourth-order valence-corrected chi connectivity index (χ4v) is 4.41. The monoisotopic (exact) mass is 363 g/mol. The number of carbonyl (C=O) groups excluding carboxylic acids is 2. The Hall–Kier alpha value is -2.66. The number of anilines is 1. The Kier molecular flexibility index (Phi) is 4.70. The van der Waals surface area contributed by atoms with Crippen LogP contribution in [-0.2, 0) is 16.0 Å². The first-order valence-electron chi connectivity index (χ1n) is 9.50. The van der Waals surface area contributed by atoms with Gasteiger partial charge in [0.2, 0.25) is 11.8 Å². The summed E-state index contributed by atoms with van der Waals surface area (Å²) in [6.07, 6.45) is 0.520. The third kappa shape index (κ3) is 3.35. The zero-order valence-corrected chi connectivity index (χ0v) is 15.5. The van der Waals surface area contributed by atoms with Crippen LogP contribution in [0, 0.1) is 5.92 Å². The second-order valence-corrected chi connectivity index (χ2v) is 7.59. The Morgan fingerprint density at radius 2 is 1.74 bits per heavy atom. The zero-order valence-electron chi connectivity index (χ0n) is 15.5. The molecule has 2 N–H and O–H groups in total. The molecule has 2 amide bonds. The van der Waals surface area contributed by atoms with E-state index in [0.29, 0.717) is 25.4 Å². The van der Waals surface area contributed by atoms with Crippen molar-refractivity contribution in [2.45, 2.75) is 25.3 Å². The van der Waals surface area contributed by atoms with Crippen molar-refractivity contribution in [1.29, 1.82) is 0 Å². The zero-order chi connectivity index (χ0) is 19.0. The number of para-hydroxylation sites is 1. The molecule has 1 saturated heterocycles. The van der Waals surface area contributed by atoms with E-state index in [1.807, 2.05) is 58.3 Å². The average molecular weight is 363 g/mol. The van der Waals surface area contributed by atoms with Gasteiger partial charge in [-0.3, -0.25) is 9.59 Å². The number of amides is 2. The van der Waals surface area contributed by atoms with Crippen molar-refractivity contribution in [1.82, 2.24) is 4.90 Å². The van der Waals surface area contributed by atoms with E-state index < -0.39 is 6.04 Å². The number of hydrogen-bond donors (Lipinski definition) is 1. The normalized spacial score (nSPS) is 22.1. The Morgan fingerprint density at radius 3 is 2.48 bits per heavy atom. The lowest BCUT2D eigenvalue weighted by Crippen LogP contribution is -2.49. The van der Waals surface area contributed by atoms with Crippen LogP contribution in [0.3, 0.4) is 0 Å². The molecule has 5 heteroatoms. The average Bonchev–Trinajstić information content (AvgIpc) is 3.12. The van der Waals surface area contributed by atoms with Gasteiger partial charge >= 0.3 is 0 Å². The lowest BCUT2D eigenvalue weighted by Gasteiger charge is -2.37. The summed E-state index contributed by atoms with van der Waals surface area (Å²) in [6, 6.07) is 17.3. The first-order chi connectivity index (χ1) is 13.0. The summed E-state index contributed by atoms with van der Waals surface area (Å²) in [5.74, 6) is 0.600. The van der Waals surface area contributed by atoms with Crippen molar-refractivity contribution >= 4 is 17.5 Å². The van der Waals surface area contributed by atoms with E-state index in [1.165, 1.54) is 0 Å². The van der Waals surface area contributed by atoms with Crippen LogP contribution in [-0.4, -0.2) is 42.4 Å². The number of likely N-dealkylation sites (tertiary alicyclic amines) is 1. The molecule has 2 unspecified atom stereocenters. The summed E-state index contributed by atoms with van der Waals surface area (Å²) >= 11 is 0. The molecule has 2 aromatic carbocycles. The van der Waals surface area contributed by atoms with Crippen molar-refractivity contribution in [3.05, 3.63) is 65.7 Å². The Morgan fingerprint density at radius 1 is 1.04 bits per heavy atom. The third-order valence-electron chi connectivity index (χ3n) is 5.81. The molecule has 2 aliphatic rings. The molecule has 2 aliphatic heterocycles. The number of nitrogens with two attached hydrogens (primary N) is 1. The molecule has 3 atom stereocenters. The molecule has 0 saturated carbocycles. The number of fused-ring (bicyclic) bond motifs is 3. The van der Waals surface area contributed by atoms with Crippen molar-refractivity contribution in [2.75, 3.05) is 24.5 Å². The highest BCUT2D eigenvalue weighted by molar-refractivity contribution is 5.98. The minimum atomic E-state index is -0.581. The van der Waals surface area contributed by atoms with Crippen LogP contribution in [0.25, 0.3) is 0 Å². The Bertz CT molecular complexity index is 852. The SMILES string of the molecule is CC(=O)N1CC2CN(C(=O)[C@H](N)Cc3ccccc3)c3ccccc3C2C1. The highest BCUT2D eigenvalue weighted by Crippen LogP contribution is 2.43. The van der Waals surface area contributed by atoms with Crippen molar-refractivity contribution in [3.8, 4) is 0 Å². The number of nitrogens with zero attached hydrogens (tertiary/aromatic N) is 2. The summed E-state index contributed by atoms with van der Waals surface area (Å²) in [7, 11) is 0. The Labute approximate surface area is 159 Å². The van der Waals surface area contributed by atoms with Crippen LogP contribution < -0.4 is 10.6 Å².